The third kappa shape index (κ3) is 2.13. The quantitative estimate of drug-likeness (QED) is 0.843. The number of methoxy groups -OCH3 is 1. The number of ether oxygens (including phenoxy) is 1. The molecule has 1 aromatic carbocycles. The summed E-state index contributed by atoms with van der Waals surface area (Å²) in [6, 6.07) is 3.40. The summed E-state index contributed by atoms with van der Waals surface area (Å²) >= 11 is 5.07. The molecule has 0 aliphatic carbocycles. The topological polar surface area (TPSA) is 37.9 Å². The highest BCUT2D eigenvalue weighted by Gasteiger charge is 2.15. The highest BCUT2D eigenvalue weighted by molar-refractivity contribution is 7.71. The van der Waals surface area contributed by atoms with E-state index in [2.05, 4.69) is 9.97 Å². The largest absolute Gasteiger partial charge is 0.491 e. The first-order valence-corrected chi connectivity index (χ1v) is 5.84. The molecule has 18 heavy (non-hydrogen) atoms. The van der Waals surface area contributed by atoms with Crippen molar-refractivity contribution in [2.75, 3.05) is 7.11 Å². The van der Waals surface area contributed by atoms with Crippen LogP contribution in [0.5, 0.6) is 5.75 Å². The lowest BCUT2D eigenvalue weighted by molar-refractivity contribution is 0.410. The molecule has 0 amide bonds. The molecule has 0 saturated carbocycles. The maximum atomic E-state index is 14.1. The first-order valence-electron chi connectivity index (χ1n) is 5.43. The van der Waals surface area contributed by atoms with E-state index in [9.17, 15) is 4.39 Å². The predicted octanol–water partition coefficient (Wildman–Crippen LogP) is 3.57. The van der Waals surface area contributed by atoms with Crippen LogP contribution in [0.2, 0.25) is 0 Å². The number of aromatic nitrogens is 2. The lowest BCUT2D eigenvalue weighted by Gasteiger charge is -2.12. The smallest absolute Gasteiger partial charge is 0.179 e. The van der Waals surface area contributed by atoms with Gasteiger partial charge in [-0.1, -0.05) is 18.3 Å². The number of H-pyrrole nitrogens is 1. The van der Waals surface area contributed by atoms with E-state index in [1.165, 1.54) is 19.5 Å². The van der Waals surface area contributed by atoms with Gasteiger partial charge in [-0.3, -0.25) is 0 Å². The van der Waals surface area contributed by atoms with Gasteiger partial charge in [0.15, 0.2) is 10.4 Å². The van der Waals surface area contributed by atoms with Crippen LogP contribution in [0.4, 0.5) is 4.39 Å². The Morgan fingerprint density at radius 3 is 2.67 bits per heavy atom. The van der Waals surface area contributed by atoms with Crippen LogP contribution in [0.1, 0.15) is 11.1 Å². The summed E-state index contributed by atoms with van der Waals surface area (Å²) in [5, 5.41) is 0. The second-order valence-corrected chi connectivity index (χ2v) is 4.44. The van der Waals surface area contributed by atoms with E-state index in [1.54, 1.807) is 0 Å². The SMILES string of the molecule is COc1c(-c2c(C)cc(C)cc2F)[nH]cnc1=S. The molecule has 1 aromatic heterocycles. The molecule has 1 N–H and O–H groups in total. The van der Waals surface area contributed by atoms with Crippen LogP contribution in [0.15, 0.2) is 18.5 Å². The van der Waals surface area contributed by atoms with E-state index in [0.29, 0.717) is 21.6 Å². The fourth-order valence-corrected chi connectivity index (χ4v) is 2.23. The number of aromatic amines is 1. The Hall–Kier alpha value is -1.75. The average Bonchev–Trinajstić information content (AvgIpc) is 2.27. The molecular weight excluding hydrogens is 251 g/mol. The Bertz CT molecular complexity index is 629. The number of nitrogens with one attached hydrogen (secondary N) is 1. The van der Waals surface area contributed by atoms with Gasteiger partial charge in [0.1, 0.15) is 5.82 Å². The van der Waals surface area contributed by atoms with Crippen molar-refractivity contribution in [1.82, 2.24) is 9.97 Å². The van der Waals surface area contributed by atoms with Gasteiger partial charge in [0.25, 0.3) is 0 Å². The van der Waals surface area contributed by atoms with E-state index in [-0.39, 0.29) is 5.82 Å². The lowest BCUT2D eigenvalue weighted by atomic mass is 10.0. The molecule has 2 rings (SSSR count). The number of hydrogen-bond donors (Lipinski definition) is 1. The maximum absolute atomic E-state index is 14.1. The van der Waals surface area contributed by atoms with Gasteiger partial charge in [-0.2, -0.15) is 0 Å². The van der Waals surface area contributed by atoms with Gasteiger partial charge in [-0.15, -0.1) is 0 Å². The molecule has 0 aliphatic rings. The fourth-order valence-electron chi connectivity index (χ4n) is 1.99. The fraction of sp³-hybridized carbons (Fsp3) is 0.231. The van der Waals surface area contributed by atoms with E-state index >= 15 is 0 Å². The molecule has 0 bridgehead atoms. The first-order chi connectivity index (χ1) is 8.54. The number of hydrogen-bond acceptors (Lipinski definition) is 3. The molecule has 0 radical (unpaired) electrons. The molecule has 94 valence electrons. The van der Waals surface area contributed by atoms with Crippen LogP contribution in [0.25, 0.3) is 11.3 Å². The second kappa shape index (κ2) is 4.86. The van der Waals surface area contributed by atoms with Crippen molar-refractivity contribution >= 4 is 12.2 Å². The minimum Gasteiger partial charge on any atom is -0.491 e. The van der Waals surface area contributed by atoms with Crippen LogP contribution < -0.4 is 4.74 Å². The highest BCUT2D eigenvalue weighted by atomic mass is 32.1. The summed E-state index contributed by atoms with van der Waals surface area (Å²) < 4.78 is 19.6. The van der Waals surface area contributed by atoms with Crippen LogP contribution in [-0.4, -0.2) is 17.1 Å². The van der Waals surface area contributed by atoms with Gasteiger partial charge in [0.05, 0.1) is 19.1 Å². The van der Waals surface area contributed by atoms with E-state index in [4.69, 9.17) is 17.0 Å². The van der Waals surface area contributed by atoms with Gasteiger partial charge in [-0.05, 0) is 31.0 Å². The van der Waals surface area contributed by atoms with Crippen molar-refractivity contribution < 1.29 is 9.13 Å². The minimum absolute atomic E-state index is 0.303. The normalized spacial score (nSPS) is 10.4. The third-order valence-corrected chi connectivity index (χ3v) is 2.99. The summed E-state index contributed by atoms with van der Waals surface area (Å²) in [5.41, 5.74) is 2.68. The molecule has 3 nitrogen and oxygen atoms in total. The van der Waals surface area contributed by atoms with Crippen molar-refractivity contribution in [3.8, 4) is 17.0 Å². The summed E-state index contributed by atoms with van der Waals surface area (Å²) in [5.74, 6) is 0.0843. The van der Waals surface area contributed by atoms with Crippen molar-refractivity contribution in [2.24, 2.45) is 0 Å². The predicted molar refractivity (Wildman–Crippen MR) is 70.8 cm³/mol. The zero-order chi connectivity index (χ0) is 13.3. The van der Waals surface area contributed by atoms with Crippen molar-refractivity contribution in [3.05, 3.63) is 40.0 Å². The lowest BCUT2D eigenvalue weighted by Crippen LogP contribution is -1.98. The molecule has 0 spiro atoms. The van der Waals surface area contributed by atoms with Crippen LogP contribution in [0.3, 0.4) is 0 Å². The summed E-state index contributed by atoms with van der Waals surface area (Å²) in [6.07, 6.45) is 1.44. The van der Waals surface area contributed by atoms with Gasteiger partial charge in [0.2, 0.25) is 0 Å². The third-order valence-electron chi connectivity index (χ3n) is 2.70. The second-order valence-electron chi connectivity index (χ2n) is 4.05. The van der Waals surface area contributed by atoms with E-state index < -0.39 is 0 Å². The number of benzene rings is 1. The monoisotopic (exact) mass is 264 g/mol. The Morgan fingerprint density at radius 1 is 1.33 bits per heavy atom. The number of nitrogens with zero attached hydrogens (tertiary/aromatic N) is 1. The molecule has 5 heteroatoms. The molecule has 2 aromatic rings. The van der Waals surface area contributed by atoms with E-state index in [1.807, 2.05) is 19.9 Å². The van der Waals surface area contributed by atoms with Crippen molar-refractivity contribution in [2.45, 2.75) is 13.8 Å². The standard InChI is InChI=1S/C13H13FN2OS/c1-7-4-8(2)10(9(14)5-7)11-12(17-3)13(18)16-6-15-11/h4-6H,1-3H3,(H,15,16,18). The molecule has 0 aliphatic heterocycles. The maximum Gasteiger partial charge on any atom is 0.179 e. The summed E-state index contributed by atoms with van der Waals surface area (Å²) in [4.78, 5) is 6.83. The number of rotatable bonds is 2. The molecule has 1 heterocycles. The Labute approximate surface area is 110 Å². The van der Waals surface area contributed by atoms with Crippen LogP contribution in [-0.2, 0) is 0 Å². The van der Waals surface area contributed by atoms with Crippen LogP contribution in [0, 0.1) is 24.3 Å². The van der Waals surface area contributed by atoms with Gasteiger partial charge < -0.3 is 9.72 Å². The highest BCUT2D eigenvalue weighted by Crippen LogP contribution is 2.32. The van der Waals surface area contributed by atoms with Gasteiger partial charge >= 0.3 is 0 Å². The molecule has 0 atom stereocenters. The zero-order valence-corrected chi connectivity index (χ0v) is 11.2. The zero-order valence-electron chi connectivity index (χ0n) is 10.4. The summed E-state index contributed by atoms with van der Waals surface area (Å²) in [7, 11) is 1.49. The van der Waals surface area contributed by atoms with Crippen molar-refractivity contribution in [1.29, 1.82) is 0 Å². The molecule has 0 unspecified atom stereocenters. The molecule has 0 saturated heterocycles. The first kappa shape index (κ1) is 12.7. The van der Waals surface area contributed by atoms with Crippen LogP contribution >= 0.6 is 12.2 Å². The van der Waals surface area contributed by atoms with E-state index in [0.717, 1.165) is 11.1 Å². The number of aryl methyl sites for hydroxylation is 2. The minimum atomic E-state index is -0.303. The van der Waals surface area contributed by atoms with Crippen molar-refractivity contribution in [3.63, 3.8) is 0 Å². The Balaban J connectivity index is 2.78. The Morgan fingerprint density at radius 2 is 2.06 bits per heavy atom. The summed E-state index contributed by atoms with van der Waals surface area (Å²) in [6.45, 7) is 3.70. The Kier molecular flexibility index (Phi) is 3.43. The van der Waals surface area contributed by atoms with Gasteiger partial charge in [0, 0.05) is 5.56 Å². The average molecular weight is 264 g/mol. The van der Waals surface area contributed by atoms with Gasteiger partial charge in [-0.25, -0.2) is 9.37 Å². The molecular formula is C13H13FN2OS. The number of halogens is 1. The molecule has 0 fully saturated rings.